The van der Waals surface area contributed by atoms with Crippen molar-refractivity contribution in [3.8, 4) is 5.75 Å². The first-order valence-corrected chi connectivity index (χ1v) is 7.76. The number of aromatic nitrogens is 2. The summed E-state index contributed by atoms with van der Waals surface area (Å²) in [6.07, 6.45) is 1.71. The van der Waals surface area contributed by atoms with Gasteiger partial charge in [-0.3, -0.25) is 4.68 Å². The third-order valence-corrected chi connectivity index (χ3v) is 3.25. The van der Waals surface area contributed by atoms with Gasteiger partial charge in [0.05, 0.1) is 12.3 Å². The SMILES string of the molecule is CCn1cc(NCc2cccc(OCC(C)C)c2)c(C(=O)O)n1. The second kappa shape index (κ2) is 7.67. The Kier molecular flexibility index (Phi) is 5.62. The first kappa shape index (κ1) is 16.9. The molecule has 0 aliphatic heterocycles. The molecule has 0 aliphatic rings. The maximum Gasteiger partial charge on any atom is 0.358 e. The molecule has 0 atom stereocenters. The normalized spacial score (nSPS) is 10.8. The Morgan fingerprint density at radius 1 is 1.43 bits per heavy atom. The lowest BCUT2D eigenvalue weighted by Gasteiger charge is -2.10. The Morgan fingerprint density at radius 3 is 2.87 bits per heavy atom. The van der Waals surface area contributed by atoms with Crippen LogP contribution >= 0.6 is 0 Å². The minimum absolute atomic E-state index is 0.0408. The van der Waals surface area contributed by atoms with Gasteiger partial charge < -0.3 is 15.2 Å². The Balaban J connectivity index is 2.04. The summed E-state index contributed by atoms with van der Waals surface area (Å²) in [4.78, 5) is 11.2. The van der Waals surface area contributed by atoms with Crippen LogP contribution in [0.2, 0.25) is 0 Å². The molecule has 0 spiro atoms. The average Bonchev–Trinajstić information content (AvgIpc) is 2.95. The molecule has 23 heavy (non-hydrogen) atoms. The van der Waals surface area contributed by atoms with E-state index in [1.54, 1.807) is 10.9 Å². The van der Waals surface area contributed by atoms with Crippen molar-refractivity contribution in [1.82, 2.24) is 9.78 Å². The summed E-state index contributed by atoms with van der Waals surface area (Å²) in [5.41, 5.74) is 1.58. The van der Waals surface area contributed by atoms with E-state index in [2.05, 4.69) is 24.3 Å². The first-order chi connectivity index (χ1) is 11.0. The monoisotopic (exact) mass is 317 g/mol. The van der Waals surface area contributed by atoms with Crippen LogP contribution in [0.1, 0.15) is 36.8 Å². The van der Waals surface area contributed by atoms with E-state index in [1.807, 2.05) is 31.2 Å². The number of carboxylic acids is 1. The van der Waals surface area contributed by atoms with Gasteiger partial charge in [-0.15, -0.1) is 0 Å². The lowest BCUT2D eigenvalue weighted by Crippen LogP contribution is -2.07. The van der Waals surface area contributed by atoms with Crippen LogP contribution in [0, 0.1) is 5.92 Å². The molecule has 0 saturated carbocycles. The molecule has 0 saturated heterocycles. The maximum absolute atomic E-state index is 11.2. The van der Waals surface area contributed by atoms with Crippen LogP contribution in [0.3, 0.4) is 0 Å². The smallest absolute Gasteiger partial charge is 0.358 e. The molecule has 0 fully saturated rings. The van der Waals surface area contributed by atoms with Crippen molar-refractivity contribution >= 4 is 11.7 Å². The second-order valence-corrected chi connectivity index (χ2v) is 5.76. The number of carbonyl (C=O) groups is 1. The molecule has 6 heteroatoms. The number of carboxylic acid groups (broad SMARTS) is 1. The Labute approximate surface area is 136 Å². The van der Waals surface area contributed by atoms with Gasteiger partial charge in [-0.1, -0.05) is 26.0 Å². The summed E-state index contributed by atoms with van der Waals surface area (Å²) >= 11 is 0. The molecular weight excluding hydrogens is 294 g/mol. The highest BCUT2D eigenvalue weighted by molar-refractivity contribution is 5.91. The van der Waals surface area contributed by atoms with Gasteiger partial charge in [-0.05, 0) is 30.5 Å². The van der Waals surface area contributed by atoms with Gasteiger partial charge in [0.2, 0.25) is 0 Å². The maximum atomic E-state index is 11.2. The molecular formula is C17H23N3O3. The summed E-state index contributed by atoms with van der Waals surface area (Å²) in [5, 5.41) is 16.4. The zero-order chi connectivity index (χ0) is 16.8. The molecule has 2 N–H and O–H groups in total. The number of ether oxygens (including phenoxy) is 1. The highest BCUT2D eigenvalue weighted by atomic mass is 16.5. The highest BCUT2D eigenvalue weighted by Crippen LogP contribution is 2.18. The molecule has 0 amide bonds. The molecule has 0 unspecified atom stereocenters. The lowest BCUT2D eigenvalue weighted by molar-refractivity contribution is 0.0690. The number of benzene rings is 1. The van der Waals surface area contributed by atoms with Gasteiger partial charge in [0, 0.05) is 19.3 Å². The number of hydrogen-bond acceptors (Lipinski definition) is 4. The van der Waals surface area contributed by atoms with Crippen molar-refractivity contribution in [3.05, 3.63) is 41.7 Å². The molecule has 124 valence electrons. The van der Waals surface area contributed by atoms with Crippen molar-refractivity contribution in [1.29, 1.82) is 0 Å². The number of aromatic carboxylic acids is 1. The molecule has 1 aromatic carbocycles. The van der Waals surface area contributed by atoms with Crippen molar-refractivity contribution in [2.75, 3.05) is 11.9 Å². The third kappa shape index (κ3) is 4.74. The Hall–Kier alpha value is -2.50. The minimum atomic E-state index is -1.03. The van der Waals surface area contributed by atoms with Crippen molar-refractivity contribution in [2.24, 2.45) is 5.92 Å². The van der Waals surface area contributed by atoms with Gasteiger partial charge in [-0.2, -0.15) is 5.10 Å². The number of nitrogens with one attached hydrogen (secondary N) is 1. The van der Waals surface area contributed by atoms with Crippen molar-refractivity contribution in [3.63, 3.8) is 0 Å². The second-order valence-electron chi connectivity index (χ2n) is 5.76. The van der Waals surface area contributed by atoms with Crippen LogP contribution in [0.15, 0.2) is 30.5 Å². The summed E-state index contributed by atoms with van der Waals surface area (Å²) in [6, 6.07) is 7.78. The minimum Gasteiger partial charge on any atom is -0.493 e. The van der Waals surface area contributed by atoms with Crippen molar-refractivity contribution in [2.45, 2.75) is 33.9 Å². The number of nitrogens with zero attached hydrogens (tertiary/aromatic N) is 2. The van der Waals surface area contributed by atoms with E-state index in [0.29, 0.717) is 31.3 Å². The Morgan fingerprint density at radius 2 is 2.22 bits per heavy atom. The molecule has 2 rings (SSSR count). The lowest BCUT2D eigenvalue weighted by atomic mass is 10.2. The van der Waals surface area contributed by atoms with E-state index in [9.17, 15) is 9.90 Å². The molecule has 2 aromatic rings. The van der Waals surface area contributed by atoms with E-state index >= 15 is 0 Å². The van der Waals surface area contributed by atoms with Gasteiger partial charge in [0.1, 0.15) is 5.75 Å². The summed E-state index contributed by atoms with van der Waals surface area (Å²) in [7, 11) is 0. The zero-order valence-electron chi connectivity index (χ0n) is 13.7. The van der Waals surface area contributed by atoms with E-state index < -0.39 is 5.97 Å². The molecule has 0 bridgehead atoms. The standard InChI is InChI=1S/C17H23N3O3/c1-4-20-10-15(16(19-20)17(21)22)18-9-13-6-5-7-14(8-13)23-11-12(2)3/h5-8,10,12,18H,4,9,11H2,1-3H3,(H,21,22). The average molecular weight is 317 g/mol. The zero-order valence-corrected chi connectivity index (χ0v) is 13.7. The topological polar surface area (TPSA) is 76.4 Å². The van der Waals surface area contributed by atoms with E-state index in [4.69, 9.17) is 4.74 Å². The predicted molar refractivity (Wildman–Crippen MR) is 89.0 cm³/mol. The van der Waals surface area contributed by atoms with Crippen LogP contribution in [0.4, 0.5) is 5.69 Å². The van der Waals surface area contributed by atoms with Crippen LogP contribution in [-0.4, -0.2) is 27.5 Å². The Bertz CT molecular complexity index is 665. The first-order valence-electron chi connectivity index (χ1n) is 7.76. The third-order valence-electron chi connectivity index (χ3n) is 3.25. The van der Waals surface area contributed by atoms with E-state index in [0.717, 1.165) is 11.3 Å². The number of rotatable bonds is 8. The summed E-state index contributed by atoms with van der Waals surface area (Å²) < 4.78 is 7.31. The molecule has 1 aromatic heterocycles. The highest BCUT2D eigenvalue weighted by Gasteiger charge is 2.15. The molecule has 1 heterocycles. The van der Waals surface area contributed by atoms with E-state index in [-0.39, 0.29) is 5.69 Å². The van der Waals surface area contributed by atoms with Crippen molar-refractivity contribution < 1.29 is 14.6 Å². The van der Waals surface area contributed by atoms with Crippen LogP contribution in [0.25, 0.3) is 0 Å². The fourth-order valence-corrected chi connectivity index (χ4v) is 2.08. The summed E-state index contributed by atoms with van der Waals surface area (Å²) in [6.45, 7) is 7.92. The fraction of sp³-hybridized carbons (Fsp3) is 0.412. The quantitative estimate of drug-likeness (QED) is 0.781. The van der Waals surface area contributed by atoms with E-state index in [1.165, 1.54) is 0 Å². The molecule has 0 aliphatic carbocycles. The molecule has 0 radical (unpaired) electrons. The van der Waals surface area contributed by atoms with Crippen LogP contribution < -0.4 is 10.1 Å². The summed E-state index contributed by atoms with van der Waals surface area (Å²) in [5.74, 6) is 0.254. The molecule has 6 nitrogen and oxygen atoms in total. The number of aryl methyl sites for hydroxylation is 1. The van der Waals surface area contributed by atoms with Gasteiger partial charge in [0.15, 0.2) is 5.69 Å². The predicted octanol–water partition coefficient (Wildman–Crippen LogP) is 3.25. The van der Waals surface area contributed by atoms with Gasteiger partial charge in [0.25, 0.3) is 0 Å². The van der Waals surface area contributed by atoms with Crippen LogP contribution in [0.5, 0.6) is 5.75 Å². The largest absolute Gasteiger partial charge is 0.493 e. The number of hydrogen-bond donors (Lipinski definition) is 2. The fourth-order valence-electron chi connectivity index (χ4n) is 2.08. The number of anilines is 1. The van der Waals surface area contributed by atoms with Gasteiger partial charge in [-0.25, -0.2) is 4.79 Å². The van der Waals surface area contributed by atoms with Gasteiger partial charge >= 0.3 is 5.97 Å². The van der Waals surface area contributed by atoms with Crippen LogP contribution in [-0.2, 0) is 13.1 Å².